The van der Waals surface area contributed by atoms with Gasteiger partial charge in [0.05, 0.1) is 0 Å². The molecule has 3 rings (SSSR count). The zero-order valence-electron chi connectivity index (χ0n) is 14.5. The highest BCUT2D eigenvalue weighted by molar-refractivity contribution is 5.69. The molecule has 4 heteroatoms. The third-order valence-electron chi connectivity index (χ3n) is 5.55. The number of likely N-dealkylation sites (tertiary alicyclic amines) is 1. The quantitative estimate of drug-likeness (QED) is 0.923. The molecular weight excluding hydrogens is 288 g/mol. The SMILES string of the molecule is CC1CC1(C)NC(=O)OC1(C)CCN(Cc2ccccc2)CC1. The molecule has 1 N–H and O–H groups in total. The molecule has 0 radical (unpaired) electrons. The summed E-state index contributed by atoms with van der Waals surface area (Å²) >= 11 is 0. The van der Waals surface area contributed by atoms with E-state index >= 15 is 0 Å². The third kappa shape index (κ3) is 4.05. The van der Waals surface area contributed by atoms with E-state index in [2.05, 4.69) is 55.3 Å². The lowest BCUT2D eigenvalue weighted by atomic mass is 9.93. The Hall–Kier alpha value is -1.55. The molecule has 1 aliphatic carbocycles. The van der Waals surface area contributed by atoms with Gasteiger partial charge < -0.3 is 10.1 Å². The predicted octanol–water partition coefficient (Wildman–Crippen LogP) is 3.57. The summed E-state index contributed by atoms with van der Waals surface area (Å²) in [5.74, 6) is 0.551. The zero-order valence-corrected chi connectivity index (χ0v) is 14.5. The second-order valence-electron chi connectivity index (χ2n) is 7.75. The standard InChI is InChI=1S/C19H28N2O2/c1-15-13-19(15,3)20-17(22)23-18(2)9-11-21(12-10-18)14-16-7-5-4-6-8-16/h4-8,15H,9-14H2,1-3H3,(H,20,22). The van der Waals surface area contributed by atoms with Gasteiger partial charge in [-0.3, -0.25) is 4.90 Å². The Kier molecular flexibility index (Phi) is 4.37. The van der Waals surface area contributed by atoms with Crippen LogP contribution >= 0.6 is 0 Å². The maximum atomic E-state index is 12.1. The van der Waals surface area contributed by atoms with Crippen LogP contribution < -0.4 is 5.32 Å². The summed E-state index contributed by atoms with van der Waals surface area (Å²) in [6.45, 7) is 9.20. The van der Waals surface area contributed by atoms with Gasteiger partial charge in [0, 0.05) is 25.2 Å². The van der Waals surface area contributed by atoms with E-state index in [1.807, 2.05) is 6.07 Å². The zero-order chi connectivity index (χ0) is 16.5. The van der Waals surface area contributed by atoms with Crippen LogP contribution in [0.25, 0.3) is 0 Å². The van der Waals surface area contributed by atoms with E-state index in [-0.39, 0.29) is 17.2 Å². The predicted molar refractivity (Wildman–Crippen MR) is 91.2 cm³/mol. The Bertz CT molecular complexity index is 552. The van der Waals surface area contributed by atoms with Gasteiger partial charge in [-0.15, -0.1) is 0 Å². The van der Waals surface area contributed by atoms with E-state index in [0.717, 1.165) is 38.9 Å². The second kappa shape index (κ2) is 6.16. The largest absolute Gasteiger partial charge is 0.443 e. The van der Waals surface area contributed by atoms with Gasteiger partial charge in [0.15, 0.2) is 0 Å². The normalized spacial score (nSPS) is 29.8. The second-order valence-corrected chi connectivity index (χ2v) is 7.75. The van der Waals surface area contributed by atoms with Crippen molar-refractivity contribution in [2.24, 2.45) is 5.92 Å². The van der Waals surface area contributed by atoms with Crippen LogP contribution in [0, 0.1) is 5.92 Å². The van der Waals surface area contributed by atoms with Crippen LogP contribution in [0.2, 0.25) is 0 Å². The van der Waals surface area contributed by atoms with Crippen molar-refractivity contribution in [2.75, 3.05) is 13.1 Å². The van der Waals surface area contributed by atoms with Gasteiger partial charge in [-0.1, -0.05) is 37.3 Å². The van der Waals surface area contributed by atoms with Gasteiger partial charge in [-0.25, -0.2) is 4.79 Å². The van der Waals surface area contributed by atoms with Crippen LogP contribution in [-0.2, 0) is 11.3 Å². The molecule has 2 atom stereocenters. The van der Waals surface area contributed by atoms with Gasteiger partial charge in [-0.05, 0) is 44.6 Å². The Morgan fingerprint density at radius 2 is 1.87 bits per heavy atom. The number of ether oxygens (including phenoxy) is 1. The summed E-state index contributed by atoms with van der Waals surface area (Å²) < 4.78 is 5.77. The molecule has 4 nitrogen and oxygen atoms in total. The van der Waals surface area contributed by atoms with Crippen molar-refractivity contribution >= 4 is 6.09 Å². The van der Waals surface area contributed by atoms with Crippen molar-refractivity contribution in [1.82, 2.24) is 10.2 Å². The number of rotatable bonds is 4. The fourth-order valence-electron chi connectivity index (χ4n) is 3.36. The molecule has 1 amide bonds. The van der Waals surface area contributed by atoms with Crippen LogP contribution in [0.5, 0.6) is 0 Å². The number of nitrogens with zero attached hydrogens (tertiary/aromatic N) is 1. The molecule has 1 aliphatic heterocycles. The molecule has 23 heavy (non-hydrogen) atoms. The number of benzene rings is 1. The van der Waals surface area contributed by atoms with Gasteiger partial charge in [0.25, 0.3) is 0 Å². The van der Waals surface area contributed by atoms with Gasteiger partial charge in [-0.2, -0.15) is 0 Å². The lowest BCUT2D eigenvalue weighted by Crippen LogP contribution is -2.48. The van der Waals surface area contributed by atoms with Crippen molar-refractivity contribution < 1.29 is 9.53 Å². The van der Waals surface area contributed by atoms with Crippen LogP contribution in [0.1, 0.15) is 45.6 Å². The monoisotopic (exact) mass is 316 g/mol. The van der Waals surface area contributed by atoms with E-state index in [1.165, 1.54) is 5.56 Å². The topological polar surface area (TPSA) is 41.6 Å². The van der Waals surface area contributed by atoms with Crippen molar-refractivity contribution in [3.05, 3.63) is 35.9 Å². The summed E-state index contributed by atoms with van der Waals surface area (Å²) in [6, 6.07) is 10.5. The minimum Gasteiger partial charge on any atom is -0.443 e. The first-order chi connectivity index (χ1) is 10.9. The molecule has 1 saturated carbocycles. The fourth-order valence-corrected chi connectivity index (χ4v) is 3.36. The number of hydrogen-bond donors (Lipinski definition) is 1. The molecule has 1 aromatic rings. The van der Waals surface area contributed by atoms with Crippen LogP contribution in [-0.4, -0.2) is 35.2 Å². The number of alkyl carbamates (subject to hydrolysis) is 1. The van der Waals surface area contributed by atoms with Gasteiger partial charge in [0.2, 0.25) is 0 Å². The van der Waals surface area contributed by atoms with Crippen LogP contribution in [0.4, 0.5) is 4.79 Å². The van der Waals surface area contributed by atoms with Crippen molar-refractivity contribution in [2.45, 2.75) is 57.7 Å². The molecule has 2 aliphatic rings. The summed E-state index contributed by atoms with van der Waals surface area (Å²) in [6.07, 6.45) is 2.57. The highest BCUT2D eigenvalue weighted by atomic mass is 16.6. The molecule has 126 valence electrons. The molecule has 1 aromatic carbocycles. The summed E-state index contributed by atoms with van der Waals surface area (Å²) in [4.78, 5) is 14.6. The number of hydrogen-bond acceptors (Lipinski definition) is 3. The molecule has 0 spiro atoms. The third-order valence-corrected chi connectivity index (χ3v) is 5.55. The van der Waals surface area contributed by atoms with E-state index in [0.29, 0.717) is 5.92 Å². The molecule has 1 saturated heterocycles. The average Bonchev–Trinajstić information content (AvgIpc) is 3.08. The van der Waals surface area contributed by atoms with Crippen molar-refractivity contribution in [3.63, 3.8) is 0 Å². The summed E-state index contributed by atoms with van der Waals surface area (Å²) in [5, 5.41) is 3.03. The number of piperidine rings is 1. The summed E-state index contributed by atoms with van der Waals surface area (Å²) in [7, 11) is 0. The van der Waals surface area contributed by atoms with Gasteiger partial charge in [0.1, 0.15) is 5.60 Å². The van der Waals surface area contributed by atoms with Crippen LogP contribution in [0.3, 0.4) is 0 Å². The van der Waals surface area contributed by atoms with E-state index < -0.39 is 0 Å². The van der Waals surface area contributed by atoms with E-state index in [4.69, 9.17) is 4.74 Å². The molecular formula is C19H28N2O2. The van der Waals surface area contributed by atoms with Gasteiger partial charge >= 0.3 is 6.09 Å². The average molecular weight is 316 g/mol. The minimum atomic E-state index is -0.342. The smallest absolute Gasteiger partial charge is 0.408 e. The maximum absolute atomic E-state index is 12.1. The molecule has 2 fully saturated rings. The first-order valence-electron chi connectivity index (χ1n) is 8.66. The Morgan fingerprint density at radius 3 is 2.43 bits per heavy atom. The lowest BCUT2D eigenvalue weighted by molar-refractivity contribution is -0.0251. The fraction of sp³-hybridized carbons (Fsp3) is 0.632. The Morgan fingerprint density at radius 1 is 1.26 bits per heavy atom. The summed E-state index contributed by atoms with van der Waals surface area (Å²) in [5.41, 5.74) is 0.943. The molecule has 2 unspecified atom stereocenters. The number of carbonyl (C=O) groups excluding carboxylic acids is 1. The molecule has 0 aromatic heterocycles. The van der Waals surface area contributed by atoms with E-state index in [9.17, 15) is 4.79 Å². The minimum absolute atomic E-state index is 0.0541. The number of nitrogens with one attached hydrogen (secondary N) is 1. The first kappa shape index (κ1) is 16.3. The highest BCUT2D eigenvalue weighted by Gasteiger charge is 2.48. The number of amides is 1. The van der Waals surface area contributed by atoms with Crippen LogP contribution in [0.15, 0.2) is 30.3 Å². The number of carbonyl (C=O) groups is 1. The maximum Gasteiger partial charge on any atom is 0.408 e. The Balaban J connectivity index is 1.46. The Labute approximate surface area is 139 Å². The van der Waals surface area contributed by atoms with Crippen molar-refractivity contribution in [1.29, 1.82) is 0 Å². The first-order valence-corrected chi connectivity index (χ1v) is 8.66. The molecule has 1 heterocycles. The molecule has 0 bridgehead atoms. The highest BCUT2D eigenvalue weighted by Crippen LogP contribution is 2.42. The van der Waals surface area contributed by atoms with Crippen molar-refractivity contribution in [3.8, 4) is 0 Å². The van der Waals surface area contributed by atoms with E-state index in [1.54, 1.807) is 0 Å². The lowest BCUT2D eigenvalue weighted by Gasteiger charge is -2.39.